The van der Waals surface area contributed by atoms with E-state index in [0.29, 0.717) is 12.0 Å². The summed E-state index contributed by atoms with van der Waals surface area (Å²) < 4.78 is 0. The number of rotatable bonds is 2. The Labute approximate surface area is 130 Å². The van der Waals surface area contributed by atoms with E-state index in [9.17, 15) is 10.2 Å². The van der Waals surface area contributed by atoms with Gasteiger partial charge in [0.25, 0.3) is 0 Å². The Morgan fingerprint density at radius 2 is 1.82 bits per heavy atom. The molecule has 2 aromatic carbocycles. The Hall–Kier alpha value is -2.00. The summed E-state index contributed by atoms with van der Waals surface area (Å²) in [4.78, 5) is 2.58. The summed E-state index contributed by atoms with van der Waals surface area (Å²) in [5.41, 5.74) is 3.56. The zero-order valence-electron chi connectivity index (χ0n) is 12.6. The highest BCUT2D eigenvalue weighted by molar-refractivity contribution is 5.52. The van der Waals surface area contributed by atoms with Crippen LogP contribution in [0.4, 0.5) is 0 Å². The van der Waals surface area contributed by atoms with Crippen LogP contribution in [0.2, 0.25) is 0 Å². The molecule has 0 bridgehead atoms. The first kappa shape index (κ1) is 13.6. The lowest BCUT2D eigenvalue weighted by atomic mass is 9.79. The van der Waals surface area contributed by atoms with Crippen LogP contribution in [-0.2, 0) is 13.0 Å². The molecule has 1 fully saturated rings. The molecule has 0 aromatic heterocycles. The molecule has 1 aliphatic heterocycles. The second-order valence-electron chi connectivity index (χ2n) is 6.46. The van der Waals surface area contributed by atoms with Crippen LogP contribution >= 0.6 is 0 Å². The van der Waals surface area contributed by atoms with Gasteiger partial charge in [-0.3, -0.25) is 4.90 Å². The second kappa shape index (κ2) is 5.33. The summed E-state index contributed by atoms with van der Waals surface area (Å²) in [6.07, 6.45) is 3.04. The first-order valence-corrected chi connectivity index (χ1v) is 8.05. The van der Waals surface area contributed by atoms with Crippen molar-refractivity contribution in [2.24, 2.45) is 0 Å². The zero-order chi connectivity index (χ0) is 15.1. The lowest BCUT2D eigenvalue weighted by Crippen LogP contribution is -2.34. The van der Waals surface area contributed by atoms with E-state index in [2.05, 4.69) is 35.2 Å². The van der Waals surface area contributed by atoms with Crippen molar-refractivity contribution in [3.05, 3.63) is 59.2 Å². The Morgan fingerprint density at radius 3 is 2.64 bits per heavy atom. The number of hydrogen-bond acceptors (Lipinski definition) is 3. The predicted molar refractivity (Wildman–Crippen MR) is 86.1 cm³/mol. The monoisotopic (exact) mass is 295 g/mol. The first-order chi connectivity index (χ1) is 10.7. The van der Waals surface area contributed by atoms with Crippen LogP contribution in [0, 0.1) is 0 Å². The molecule has 1 heterocycles. The van der Waals surface area contributed by atoms with Crippen molar-refractivity contribution in [1.29, 1.82) is 0 Å². The van der Waals surface area contributed by atoms with Crippen molar-refractivity contribution >= 4 is 0 Å². The number of aromatic hydroxyl groups is 2. The van der Waals surface area contributed by atoms with Crippen LogP contribution in [0.25, 0.3) is 0 Å². The fraction of sp³-hybridized carbons (Fsp3) is 0.368. The molecule has 1 saturated heterocycles. The average molecular weight is 295 g/mol. The van der Waals surface area contributed by atoms with E-state index in [-0.39, 0.29) is 11.5 Å². The number of benzene rings is 2. The van der Waals surface area contributed by atoms with Gasteiger partial charge in [-0.2, -0.15) is 0 Å². The van der Waals surface area contributed by atoms with Gasteiger partial charge in [0, 0.05) is 24.1 Å². The van der Waals surface area contributed by atoms with Crippen molar-refractivity contribution in [2.75, 3.05) is 6.54 Å². The van der Waals surface area contributed by atoms with E-state index in [1.807, 2.05) is 6.07 Å². The van der Waals surface area contributed by atoms with Crippen LogP contribution in [0.1, 0.15) is 35.4 Å². The maximum atomic E-state index is 10.1. The molecule has 114 valence electrons. The van der Waals surface area contributed by atoms with Gasteiger partial charge in [-0.1, -0.05) is 36.4 Å². The molecule has 0 saturated carbocycles. The van der Waals surface area contributed by atoms with Gasteiger partial charge < -0.3 is 10.2 Å². The summed E-state index contributed by atoms with van der Waals surface area (Å²) in [7, 11) is 0. The molecular formula is C19H21NO2. The van der Waals surface area contributed by atoms with Gasteiger partial charge >= 0.3 is 0 Å². The van der Waals surface area contributed by atoms with E-state index in [1.165, 1.54) is 11.1 Å². The quantitative estimate of drug-likeness (QED) is 0.835. The van der Waals surface area contributed by atoms with Gasteiger partial charge in [-0.15, -0.1) is 0 Å². The molecule has 3 nitrogen and oxygen atoms in total. The first-order valence-electron chi connectivity index (χ1n) is 8.05. The third-order valence-corrected chi connectivity index (χ3v) is 5.28. The Kier molecular flexibility index (Phi) is 3.30. The number of phenolic OH excluding ortho intramolecular Hbond substituents is 2. The minimum absolute atomic E-state index is 0.0105. The Morgan fingerprint density at radius 1 is 1.00 bits per heavy atom. The summed E-state index contributed by atoms with van der Waals surface area (Å²) >= 11 is 0. The minimum atomic E-state index is 0.0105. The summed E-state index contributed by atoms with van der Waals surface area (Å²) in [6.45, 7) is 2.10. The maximum absolute atomic E-state index is 10.1. The molecule has 2 aromatic rings. The molecule has 0 unspecified atom stereocenters. The van der Waals surface area contributed by atoms with Crippen molar-refractivity contribution in [3.8, 4) is 11.5 Å². The number of nitrogens with zero attached hydrogens (tertiary/aromatic N) is 1. The molecule has 0 amide bonds. The summed E-state index contributed by atoms with van der Waals surface area (Å²) in [6, 6.07) is 14.8. The number of fused-ring (bicyclic) bond motifs is 3. The summed E-state index contributed by atoms with van der Waals surface area (Å²) in [5.74, 6) is 0.591. The van der Waals surface area contributed by atoms with Crippen molar-refractivity contribution in [1.82, 2.24) is 4.90 Å². The highest BCUT2D eigenvalue weighted by atomic mass is 16.3. The number of hydrogen-bond donors (Lipinski definition) is 2. The van der Waals surface area contributed by atoms with Gasteiger partial charge in [0.05, 0.1) is 0 Å². The summed E-state index contributed by atoms with van der Waals surface area (Å²) in [5, 5.41) is 19.8. The molecule has 22 heavy (non-hydrogen) atoms. The van der Waals surface area contributed by atoms with Crippen LogP contribution in [0.3, 0.4) is 0 Å². The fourth-order valence-electron chi connectivity index (χ4n) is 4.22. The van der Waals surface area contributed by atoms with E-state index in [0.717, 1.165) is 37.9 Å². The van der Waals surface area contributed by atoms with Crippen LogP contribution in [0.5, 0.6) is 11.5 Å². The van der Waals surface area contributed by atoms with Gasteiger partial charge in [0.1, 0.15) is 0 Å². The molecule has 2 atom stereocenters. The predicted octanol–water partition coefficient (Wildman–Crippen LogP) is 3.40. The van der Waals surface area contributed by atoms with Crippen LogP contribution in [-0.4, -0.2) is 27.7 Å². The highest BCUT2D eigenvalue weighted by Gasteiger charge is 2.39. The van der Waals surface area contributed by atoms with Crippen molar-refractivity contribution in [2.45, 2.75) is 37.8 Å². The van der Waals surface area contributed by atoms with Crippen LogP contribution < -0.4 is 0 Å². The topological polar surface area (TPSA) is 43.7 Å². The Bertz CT molecular complexity index is 683. The van der Waals surface area contributed by atoms with Gasteiger partial charge in [0.2, 0.25) is 0 Å². The molecule has 0 spiro atoms. The third-order valence-electron chi connectivity index (χ3n) is 5.28. The number of likely N-dealkylation sites (tertiary alicyclic amines) is 1. The van der Waals surface area contributed by atoms with E-state index < -0.39 is 0 Å². The van der Waals surface area contributed by atoms with Gasteiger partial charge in [-0.05, 0) is 43.0 Å². The average Bonchev–Trinajstić information content (AvgIpc) is 2.95. The SMILES string of the molecule is Oc1ccc2c(c1O)CC[C@H]1[C@H]2CCN1Cc1ccccc1. The Balaban J connectivity index is 1.60. The largest absolute Gasteiger partial charge is 0.504 e. The van der Waals surface area contributed by atoms with Crippen molar-refractivity contribution < 1.29 is 10.2 Å². The van der Waals surface area contributed by atoms with Crippen LogP contribution in [0.15, 0.2) is 42.5 Å². The van der Waals surface area contributed by atoms with E-state index in [1.54, 1.807) is 6.07 Å². The van der Waals surface area contributed by atoms with E-state index >= 15 is 0 Å². The molecule has 2 aliphatic rings. The number of phenols is 2. The third kappa shape index (κ3) is 2.17. The van der Waals surface area contributed by atoms with E-state index in [4.69, 9.17) is 0 Å². The zero-order valence-corrected chi connectivity index (χ0v) is 12.6. The molecule has 2 N–H and O–H groups in total. The lowest BCUT2D eigenvalue weighted by molar-refractivity contribution is 0.218. The smallest absolute Gasteiger partial charge is 0.160 e. The maximum Gasteiger partial charge on any atom is 0.160 e. The fourth-order valence-corrected chi connectivity index (χ4v) is 4.22. The standard InChI is InChI=1S/C19H21NO2/c21-18-9-7-14-15-10-11-20(12-13-4-2-1-3-5-13)17(15)8-6-16(14)19(18)22/h1-5,7,9,15,17,21-22H,6,8,10-12H2/t15-,17-/m0/s1. The minimum Gasteiger partial charge on any atom is -0.504 e. The van der Waals surface area contributed by atoms with Gasteiger partial charge in [0.15, 0.2) is 11.5 Å². The molecule has 3 heteroatoms. The highest BCUT2D eigenvalue weighted by Crippen LogP contribution is 2.46. The lowest BCUT2D eigenvalue weighted by Gasteiger charge is -2.33. The van der Waals surface area contributed by atoms with Gasteiger partial charge in [-0.25, -0.2) is 0 Å². The van der Waals surface area contributed by atoms with Crippen molar-refractivity contribution in [3.63, 3.8) is 0 Å². The molecule has 0 radical (unpaired) electrons. The second-order valence-corrected chi connectivity index (χ2v) is 6.46. The normalized spacial score (nSPS) is 24.0. The molecule has 4 rings (SSSR count). The molecule has 1 aliphatic carbocycles. The molecular weight excluding hydrogens is 274 g/mol.